The van der Waals surface area contributed by atoms with Crippen LogP contribution in [0.25, 0.3) is 0 Å². The second kappa shape index (κ2) is 27.6. The molecule has 9 rings (SSSR count). The van der Waals surface area contributed by atoms with Gasteiger partial charge in [0.15, 0.2) is 31.5 Å². The Kier molecular flexibility index (Phi) is 22.3. The van der Waals surface area contributed by atoms with Gasteiger partial charge in [0.05, 0.1) is 69.2 Å². The van der Waals surface area contributed by atoms with Gasteiger partial charge < -0.3 is 139 Å². The van der Waals surface area contributed by atoms with Gasteiger partial charge in [-0.25, -0.2) is 0 Å². The van der Waals surface area contributed by atoms with Crippen LogP contribution >= 0.6 is 0 Å². The molecule has 0 bridgehead atoms. The summed E-state index contributed by atoms with van der Waals surface area (Å²) >= 11 is 0. The van der Waals surface area contributed by atoms with Crippen molar-refractivity contribution < 1.29 is 139 Å². The fourth-order valence-electron chi connectivity index (χ4n) is 17.3. The Bertz CT molecular complexity index is 2340. The molecule has 0 amide bonds. The number of allylic oxidation sites excluding steroid dienone is 1. The van der Waals surface area contributed by atoms with E-state index in [4.69, 9.17) is 47.4 Å². The number of hydrogen-bond acceptors (Lipinski definition) is 28. The zero-order chi connectivity index (χ0) is 65.5. The maximum absolute atomic E-state index is 12.8. The van der Waals surface area contributed by atoms with E-state index in [1.165, 1.54) is 13.8 Å². The highest BCUT2D eigenvalue weighted by Gasteiger charge is 2.71. The van der Waals surface area contributed by atoms with E-state index in [0.29, 0.717) is 32.1 Å². The Labute approximate surface area is 518 Å². The Balaban J connectivity index is 0.884. The number of rotatable bonds is 20. The van der Waals surface area contributed by atoms with Gasteiger partial charge >= 0.3 is 0 Å². The zero-order valence-corrected chi connectivity index (χ0v) is 52.4. The van der Waals surface area contributed by atoms with Crippen LogP contribution in [0.5, 0.6) is 0 Å². The first-order valence-electron chi connectivity index (χ1n) is 31.9. The lowest BCUT2D eigenvalue weighted by atomic mass is 9.38. The molecule has 0 unspecified atom stereocenters. The average Bonchev–Trinajstić information content (AvgIpc) is 1.66. The SMILES string of the molecule is C[C@H]1[C@H](O)[C@@H](O)[C@H](OC[C@H]2O[C@@H](O[C@H](CC[C@@H](C)[C@H]3CC[C@@]4(C)[C@@H]5CC=C6[C@@H](CC[C@H](O[C@@H]7O[C@H](CO)[C@@H](O[C@@H]8O[C@H](CO)[C@@H](O)[C@H](O)[C@H]8O)[C@H](O)[C@H]7O)C6(C)C)[C@]5(C)[C@H](O)C[C@]34C)C(C)(C)O)[C@H](O[C@@H]3O[C@H](CO)[C@@H](O)[C@H](O)[C@H]3O)[C@@H](O)[C@@H]2O)O[C@@H]1CO. The van der Waals surface area contributed by atoms with E-state index in [-0.39, 0.29) is 40.9 Å². The van der Waals surface area contributed by atoms with Crippen molar-refractivity contribution in [3.63, 3.8) is 0 Å². The number of hydrogen-bond donors (Lipinski definition) is 18. The van der Waals surface area contributed by atoms with Crippen molar-refractivity contribution >= 4 is 0 Å². The molecule has 89 heavy (non-hydrogen) atoms. The van der Waals surface area contributed by atoms with Crippen molar-refractivity contribution in [3.8, 4) is 0 Å². The monoisotopic (exact) mass is 1280 g/mol. The third-order valence-electron chi connectivity index (χ3n) is 23.3. The van der Waals surface area contributed by atoms with E-state index >= 15 is 0 Å². The molecule has 5 saturated heterocycles. The van der Waals surface area contributed by atoms with Crippen LogP contribution in [0.2, 0.25) is 0 Å². The molecule has 8 fully saturated rings. The standard InChI is InChI=1S/C61H104O28/c1-24(10-14-37(58(5,6)79)87-56-51(89-55-48(77)43(72)40(69)31(21-64)83-55)44(73)41(70)33(85-56)23-80-52-46(75)38(67)25(2)29(19-62)81-52)26-16-17-59(7)34-13-11-27-28(61(34,9)35(66)18-60(26,59)8)12-15-36(57(27,3)4)86-53-49(78)45(74)50(32(22-65)84-53)88-54-47(76)42(71)39(68)30(20-63)82-54/h11,24-26,28-56,62-79H,10,12-23H2,1-9H3/t24-,25-,26-,28-,29-,30-,31-,32-,33-,34+,35-,36+,37-,38+,39-,40-,41-,42+,43+,44+,45-,46-,47-,48-,49-,50-,51-,52-,53+,54+,55+,56+,59+,60-,61+/m1/s1. The fourth-order valence-corrected chi connectivity index (χ4v) is 17.3. The minimum atomic E-state index is -1.93. The van der Waals surface area contributed by atoms with E-state index in [1.807, 2.05) is 13.8 Å². The Hall–Kier alpha value is -1.38. The van der Waals surface area contributed by atoms with Gasteiger partial charge in [0, 0.05) is 16.7 Å². The Morgan fingerprint density at radius 3 is 1.61 bits per heavy atom. The molecule has 35 atom stereocenters. The first-order chi connectivity index (χ1) is 41.7. The minimum absolute atomic E-state index is 0.0198. The van der Waals surface area contributed by atoms with Gasteiger partial charge in [-0.3, -0.25) is 0 Å². The average molecular weight is 1290 g/mol. The first kappa shape index (κ1) is 71.9. The highest BCUT2D eigenvalue weighted by molar-refractivity contribution is 5.32. The molecule has 0 spiro atoms. The largest absolute Gasteiger partial charge is 0.394 e. The summed E-state index contributed by atoms with van der Waals surface area (Å²) in [4.78, 5) is 0. The van der Waals surface area contributed by atoms with Crippen molar-refractivity contribution in [3.05, 3.63) is 11.6 Å². The molecular formula is C61H104O28. The van der Waals surface area contributed by atoms with Crippen molar-refractivity contribution in [2.75, 3.05) is 33.0 Å². The molecule has 3 saturated carbocycles. The van der Waals surface area contributed by atoms with Crippen molar-refractivity contribution in [1.29, 1.82) is 0 Å². The molecule has 18 N–H and O–H groups in total. The van der Waals surface area contributed by atoms with Crippen LogP contribution in [-0.4, -0.2) is 296 Å². The maximum atomic E-state index is 12.8. The molecule has 9 aliphatic rings. The van der Waals surface area contributed by atoms with Gasteiger partial charge in [0.25, 0.3) is 0 Å². The molecule has 0 radical (unpaired) electrons. The summed E-state index contributed by atoms with van der Waals surface area (Å²) in [5, 5.41) is 196. The number of ether oxygens (including phenoxy) is 10. The second-order valence-corrected chi connectivity index (χ2v) is 29.0. The maximum Gasteiger partial charge on any atom is 0.187 e. The molecular weight excluding hydrogens is 1180 g/mol. The number of aliphatic hydroxyl groups is 18. The van der Waals surface area contributed by atoms with Gasteiger partial charge in [-0.15, -0.1) is 0 Å². The minimum Gasteiger partial charge on any atom is -0.394 e. The summed E-state index contributed by atoms with van der Waals surface area (Å²) < 4.78 is 60.0. The van der Waals surface area contributed by atoms with E-state index < -0.39 is 221 Å². The highest BCUT2D eigenvalue weighted by Crippen LogP contribution is 2.75. The van der Waals surface area contributed by atoms with Crippen LogP contribution in [0, 0.1) is 51.2 Å². The van der Waals surface area contributed by atoms with Crippen molar-refractivity contribution in [2.45, 2.75) is 285 Å². The van der Waals surface area contributed by atoms with Crippen LogP contribution in [0.4, 0.5) is 0 Å². The molecule has 5 aliphatic heterocycles. The molecule has 5 heterocycles. The number of aliphatic hydroxyl groups excluding tert-OH is 17. The first-order valence-corrected chi connectivity index (χ1v) is 31.9. The normalized spacial score (nSPS) is 51.8. The molecule has 28 heteroatoms. The third-order valence-corrected chi connectivity index (χ3v) is 23.3. The predicted octanol–water partition coefficient (Wildman–Crippen LogP) is -4.13. The fraction of sp³-hybridized carbons (Fsp3) is 0.967. The van der Waals surface area contributed by atoms with Crippen LogP contribution in [-0.2, 0) is 47.4 Å². The van der Waals surface area contributed by atoms with E-state index in [2.05, 4.69) is 33.8 Å². The topological polar surface area (TPSA) is 456 Å². The van der Waals surface area contributed by atoms with Gasteiger partial charge in [0.1, 0.15) is 104 Å². The molecule has 28 nitrogen and oxygen atoms in total. The van der Waals surface area contributed by atoms with Crippen LogP contribution in [0.3, 0.4) is 0 Å². The van der Waals surface area contributed by atoms with Crippen LogP contribution in [0.1, 0.15) is 114 Å². The van der Waals surface area contributed by atoms with Gasteiger partial charge in [-0.1, -0.05) is 60.1 Å². The summed E-state index contributed by atoms with van der Waals surface area (Å²) in [6.45, 7) is 14.4. The molecule has 516 valence electrons. The van der Waals surface area contributed by atoms with Gasteiger partial charge in [-0.2, -0.15) is 0 Å². The Morgan fingerprint density at radius 2 is 1.03 bits per heavy atom. The molecule has 0 aromatic carbocycles. The Morgan fingerprint density at radius 1 is 0.539 bits per heavy atom. The smallest absolute Gasteiger partial charge is 0.187 e. The highest BCUT2D eigenvalue weighted by atomic mass is 16.8. The van der Waals surface area contributed by atoms with E-state index in [9.17, 15) is 91.9 Å². The van der Waals surface area contributed by atoms with Gasteiger partial charge in [0.2, 0.25) is 0 Å². The molecule has 4 aliphatic carbocycles. The van der Waals surface area contributed by atoms with E-state index in [0.717, 1.165) is 18.4 Å². The van der Waals surface area contributed by atoms with Crippen molar-refractivity contribution in [1.82, 2.24) is 0 Å². The lowest BCUT2D eigenvalue weighted by Gasteiger charge is -2.67. The zero-order valence-electron chi connectivity index (χ0n) is 52.4. The van der Waals surface area contributed by atoms with E-state index in [1.54, 1.807) is 6.92 Å². The molecule has 0 aromatic heterocycles. The molecule has 0 aromatic rings. The van der Waals surface area contributed by atoms with Gasteiger partial charge in [-0.05, 0) is 99.7 Å². The lowest BCUT2D eigenvalue weighted by Crippen LogP contribution is -2.66. The third kappa shape index (κ3) is 13.0. The quantitative estimate of drug-likeness (QED) is 0.0515. The van der Waals surface area contributed by atoms with Crippen LogP contribution < -0.4 is 0 Å². The lowest BCUT2D eigenvalue weighted by molar-refractivity contribution is -0.380. The van der Waals surface area contributed by atoms with Crippen molar-refractivity contribution in [2.24, 2.45) is 51.2 Å². The summed E-state index contributed by atoms with van der Waals surface area (Å²) in [5.74, 6) is -0.635. The second-order valence-electron chi connectivity index (χ2n) is 29.0. The summed E-state index contributed by atoms with van der Waals surface area (Å²) in [5.41, 5.74) is -2.41. The summed E-state index contributed by atoms with van der Waals surface area (Å²) in [6, 6.07) is 0. The summed E-state index contributed by atoms with van der Waals surface area (Å²) in [7, 11) is 0. The predicted molar refractivity (Wildman–Crippen MR) is 303 cm³/mol. The summed E-state index contributed by atoms with van der Waals surface area (Å²) in [6.07, 6.45) is -34.2. The number of fused-ring (bicyclic) bond motifs is 5. The van der Waals surface area contributed by atoms with Crippen LogP contribution in [0.15, 0.2) is 11.6 Å².